The number of unbranched alkanes of at least 4 members (excludes halogenated alkanes) is 1. The van der Waals surface area contributed by atoms with Crippen molar-refractivity contribution in [1.29, 1.82) is 0 Å². The van der Waals surface area contributed by atoms with Gasteiger partial charge in [-0.3, -0.25) is 4.98 Å². The van der Waals surface area contributed by atoms with E-state index in [4.69, 9.17) is 5.73 Å². The first kappa shape index (κ1) is 17.1. The van der Waals surface area contributed by atoms with Crippen molar-refractivity contribution in [2.24, 2.45) is 0 Å². The van der Waals surface area contributed by atoms with Gasteiger partial charge in [-0.25, -0.2) is 4.98 Å². The van der Waals surface area contributed by atoms with Gasteiger partial charge in [-0.15, -0.1) is 0 Å². The van der Waals surface area contributed by atoms with Crippen LogP contribution in [-0.4, -0.2) is 26.3 Å². The van der Waals surface area contributed by atoms with Crippen molar-refractivity contribution in [3.05, 3.63) is 18.3 Å². The number of nitrogen functional groups attached to an aromatic ring is 1. The van der Waals surface area contributed by atoms with Crippen LogP contribution >= 0.6 is 0 Å². The number of Topliss-reactive ketones (excluding diaryl/α,β-unsaturated/α-hetero) is 1. The van der Waals surface area contributed by atoms with Crippen molar-refractivity contribution in [1.82, 2.24) is 15.0 Å². The lowest BCUT2D eigenvalue weighted by molar-refractivity contribution is -0.117. The number of carbonyl (C=O) groups is 1. The summed E-state index contributed by atoms with van der Waals surface area (Å²) in [6, 6.07) is 3.69. The van der Waals surface area contributed by atoms with E-state index in [1.807, 2.05) is 12.1 Å². The highest BCUT2D eigenvalue weighted by molar-refractivity contribution is 5.86. The summed E-state index contributed by atoms with van der Waals surface area (Å²) in [4.78, 5) is 24.3. The molecule has 2 aromatic rings. The Balaban J connectivity index is 2.33. The summed E-state index contributed by atoms with van der Waals surface area (Å²) in [5, 5.41) is 3.48. The molecule has 2 aromatic heterocycles. The normalized spacial score (nSPS) is 13.7. The van der Waals surface area contributed by atoms with E-state index in [1.165, 1.54) is 0 Å². The lowest BCUT2D eigenvalue weighted by Crippen LogP contribution is -2.36. The quantitative estimate of drug-likeness (QED) is 0.776. The van der Waals surface area contributed by atoms with E-state index in [9.17, 15) is 4.79 Å². The van der Waals surface area contributed by atoms with Crippen LogP contribution in [0.2, 0.25) is 0 Å². The molecule has 0 spiro atoms. The molecular formula is C17H25N5O. The summed E-state index contributed by atoms with van der Waals surface area (Å²) >= 11 is 0. The number of rotatable bonds is 8. The van der Waals surface area contributed by atoms with Crippen LogP contribution in [0.3, 0.4) is 0 Å². The molecule has 124 valence electrons. The number of hydrogen-bond acceptors (Lipinski definition) is 6. The first-order valence-corrected chi connectivity index (χ1v) is 8.09. The number of pyridine rings is 1. The van der Waals surface area contributed by atoms with Gasteiger partial charge < -0.3 is 15.8 Å². The molecule has 6 nitrogen and oxygen atoms in total. The molecule has 0 saturated heterocycles. The van der Waals surface area contributed by atoms with Gasteiger partial charge in [0.15, 0.2) is 5.82 Å². The maximum atomic E-state index is 11.4. The topological polar surface area (TPSA) is 93.8 Å². The molecule has 3 N–H and O–H groups in total. The average molecular weight is 315 g/mol. The van der Waals surface area contributed by atoms with Crippen LogP contribution in [0.15, 0.2) is 18.3 Å². The third-order valence-corrected chi connectivity index (χ3v) is 4.00. The third kappa shape index (κ3) is 4.61. The molecule has 0 saturated carbocycles. The molecule has 0 bridgehead atoms. The molecule has 0 unspecified atom stereocenters. The lowest BCUT2D eigenvalue weighted by Gasteiger charge is -2.31. The summed E-state index contributed by atoms with van der Waals surface area (Å²) < 4.78 is 0. The number of aromatic nitrogens is 3. The van der Waals surface area contributed by atoms with Crippen LogP contribution in [0.4, 0.5) is 11.8 Å². The Labute approximate surface area is 136 Å². The predicted molar refractivity (Wildman–Crippen MR) is 93.2 cm³/mol. The number of hydrogen-bond donors (Lipinski definition) is 2. The highest BCUT2D eigenvalue weighted by atomic mass is 16.1. The molecule has 0 aliphatic rings. The van der Waals surface area contributed by atoms with Crippen molar-refractivity contribution < 1.29 is 4.79 Å². The van der Waals surface area contributed by atoms with E-state index in [-0.39, 0.29) is 17.3 Å². The highest BCUT2D eigenvalue weighted by Crippen LogP contribution is 2.28. The molecule has 23 heavy (non-hydrogen) atoms. The zero-order valence-electron chi connectivity index (χ0n) is 14.1. The number of fused-ring (bicyclic) bond motifs is 1. The van der Waals surface area contributed by atoms with Gasteiger partial charge in [0.1, 0.15) is 11.3 Å². The second-order valence-corrected chi connectivity index (χ2v) is 6.29. The average Bonchev–Trinajstić information content (AvgIpc) is 2.51. The Morgan fingerprint density at radius 2 is 2.13 bits per heavy atom. The van der Waals surface area contributed by atoms with Crippen LogP contribution in [0.25, 0.3) is 11.0 Å². The van der Waals surface area contributed by atoms with Crippen molar-refractivity contribution in [2.75, 3.05) is 11.1 Å². The lowest BCUT2D eigenvalue weighted by atomic mass is 9.89. The number of nitrogens with two attached hydrogens (primary N) is 1. The molecule has 0 amide bonds. The molecule has 1 atom stereocenters. The Morgan fingerprint density at radius 3 is 2.83 bits per heavy atom. The number of nitrogens with one attached hydrogen (secondary N) is 1. The number of anilines is 2. The van der Waals surface area contributed by atoms with Crippen molar-refractivity contribution >= 4 is 28.6 Å². The minimum absolute atomic E-state index is 0.194. The van der Waals surface area contributed by atoms with Crippen molar-refractivity contribution in [3.8, 4) is 0 Å². The van der Waals surface area contributed by atoms with E-state index in [0.717, 1.165) is 25.7 Å². The first-order valence-electron chi connectivity index (χ1n) is 8.09. The zero-order chi connectivity index (χ0) is 16.9. The number of carbonyl (C=O) groups excluding carboxylic acids is 1. The van der Waals surface area contributed by atoms with Gasteiger partial charge in [-0.2, -0.15) is 4.98 Å². The Bertz CT molecular complexity index is 688. The smallest absolute Gasteiger partial charge is 0.222 e. The zero-order valence-corrected chi connectivity index (χ0v) is 14.1. The van der Waals surface area contributed by atoms with Gasteiger partial charge in [0, 0.05) is 18.2 Å². The number of nitrogens with zero attached hydrogens (tertiary/aromatic N) is 3. The summed E-state index contributed by atoms with van der Waals surface area (Å²) in [6.45, 7) is 5.91. The van der Waals surface area contributed by atoms with Gasteiger partial charge in [0.05, 0.1) is 5.52 Å². The molecule has 0 aliphatic heterocycles. The molecule has 0 fully saturated rings. The predicted octanol–water partition coefficient (Wildman–Crippen LogP) is 3.34. The molecular weight excluding hydrogens is 290 g/mol. The SMILES string of the molecule is CCCC[C@](C)(CCC(C)=O)Nc1nc(N)nc2cccnc12. The first-order chi connectivity index (χ1) is 10.9. The van der Waals surface area contributed by atoms with Gasteiger partial charge in [-0.05, 0) is 38.8 Å². The largest absolute Gasteiger partial charge is 0.368 e. The Kier molecular flexibility index (Phi) is 5.47. The molecule has 0 radical (unpaired) electrons. The maximum absolute atomic E-state index is 11.4. The van der Waals surface area contributed by atoms with Gasteiger partial charge >= 0.3 is 0 Å². The summed E-state index contributed by atoms with van der Waals surface area (Å²) in [7, 11) is 0. The van der Waals surface area contributed by atoms with Gasteiger partial charge in [0.2, 0.25) is 5.95 Å². The van der Waals surface area contributed by atoms with Crippen LogP contribution < -0.4 is 11.1 Å². The summed E-state index contributed by atoms with van der Waals surface area (Å²) in [5.74, 6) is 1.05. The fourth-order valence-electron chi connectivity index (χ4n) is 2.63. The second kappa shape index (κ2) is 7.35. The van der Waals surface area contributed by atoms with E-state index < -0.39 is 0 Å². The maximum Gasteiger partial charge on any atom is 0.222 e. The molecule has 0 aromatic carbocycles. The monoisotopic (exact) mass is 315 g/mol. The van der Waals surface area contributed by atoms with E-state index in [0.29, 0.717) is 23.3 Å². The van der Waals surface area contributed by atoms with Gasteiger partial charge in [-0.1, -0.05) is 19.8 Å². The third-order valence-electron chi connectivity index (χ3n) is 4.00. The summed E-state index contributed by atoms with van der Waals surface area (Å²) in [5.41, 5.74) is 7.01. The van der Waals surface area contributed by atoms with Crippen LogP contribution in [-0.2, 0) is 4.79 Å². The van der Waals surface area contributed by atoms with Crippen LogP contribution in [0, 0.1) is 0 Å². The molecule has 6 heteroatoms. The summed E-state index contributed by atoms with van der Waals surface area (Å²) in [6.07, 6.45) is 6.14. The van der Waals surface area contributed by atoms with Crippen LogP contribution in [0.5, 0.6) is 0 Å². The van der Waals surface area contributed by atoms with E-state index >= 15 is 0 Å². The van der Waals surface area contributed by atoms with Gasteiger partial charge in [0.25, 0.3) is 0 Å². The van der Waals surface area contributed by atoms with Crippen LogP contribution in [0.1, 0.15) is 52.9 Å². The minimum atomic E-state index is -0.229. The number of ketones is 1. The van der Waals surface area contributed by atoms with Crippen molar-refractivity contribution in [2.45, 2.75) is 58.4 Å². The second-order valence-electron chi connectivity index (χ2n) is 6.29. The highest BCUT2D eigenvalue weighted by Gasteiger charge is 2.25. The minimum Gasteiger partial charge on any atom is -0.368 e. The van der Waals surface area contributed by atoms with Crippen molar-refractivity contribution in [3.63, 3.8) is 0 Å². The Hall–Kier alpha value is -2.24. The molecule has 0 aliphatic carbocycles. The fourth-order valence-corrected chi connectivity index (χ4v) is 2.63. The van der Waals surface area contributed by atoms with E-state index in [2.05, 4.69) is 34.1 Å². The van der Waals surface area contributed by atoms with E-state index in [1.54, 1.807) is 13.1 Å². The fraction of sp³-hybridized carbons (Fsp3) is 0.529. The Morgan fingerprint density at radius 1 is 1.35 bits per heavy atom. The molecule has 2 rings (SSSR count). The molecule has 2 heterocycles. The standard InChI is InChI=1S/C17H25N5O/c1-4-5-9-17(3,10-8-12(2)23)22-15-14-13(7-6-11-19-14)20-16(18)21-15/h6-7,11H,4-5,8-10H2,1-3H3,(H3,18,20,21,22)/t17-/m1/s1.